The number of rotatable bonds is 4. The maximum Gasteiger partial charge on any atom is 0.255 e. The third-order valence-electron chi connectivity index (χ3n) is 4.87. The molecule has 1 atom stereocenters. The molecule has 0 fully saturated rings. The van der Waals surface area contributed by atoms with Crippen LogP contribution in [0, 0.1) is 6.92 Å². The molecule has 0 spiro atoms. The Hall–Kier alpha value is -3.61. The molecule has 28 heavy (non-hydrogen) atoms. The molecule has 1 unspecified atom stereocenters. The third-order valence-corrected chi connectivity index (χ3v) is 4.87. The molecule has 0 saturated heterocycles. The summed E-state index contributed by atoms with van der Waals surface area (Å²) >= 11 is 0. The number of benzene rings is 2. The molecule has 1 amide bonds. The van der Waals surface area contributed by atoms with Crippen molar-refractivity contribution in [3.63, 3.8) is 0 Å². The number of aryl methyl sites for hydroxylation is 1. The molecule has 2 N–H and O–H groups in total. The summed E-state index contributed by atoms with van der Waals surface area (Å²) in [6.45, 7) is 3.91. The largest absolute Gasteiger partial charge is 0.497 e. The number of carbonyl (C=O) groups is 1. The van der Waals surface area contributed by atoms with Crippen molar-refractivity contribution in [2.45, 2.75) is 19.9 Å². The Bertz CT molecular complexity index is 1050. The van der Waals surface area contributed by atoms with E-state index in [2.05, 4.69) is 20.7 Å². The van der Waals surface area contributed by atoms with Gasteiger partial charge >= 0.3 is 0 Å². The summed E-state index contributed by atoms with van der Waals surface area (Å²) in [6.07, 6.45) is 1.49. The van der Waals surface area contributed by atoms with Crippen molar-refractivity contribution in [3.05, 3.63) is 77.3 Å². The van der Waals surface area contributed by atoms with E-state index in [9.17, 15) is 4.79 Å². The van der Waals surface area contributed by atoms with Gasteiger partial charge in [-0.2, -0.15) is 10.1 Å². The lowest BCUT2D eigenvalue weighted by Gasteiger charge is -2.29. The summed E-state index contributed by atoms with van der Waals surface area (Å²) in [4.78, 5) is 17.5. The van der Waals surface area contributed by atoms with Crippen LogP contribution in [-0.2, 0) is 4.79 Å². The van der Waals surface area contributed by atoms with Crippen molar-refractivity contribution in [2.24, 2.45) is 0 Å². The Morgan fingerprint density at radius 3 is 2.61 bits per heavy atom. The van der Waals surface area contributed by atoms with Crippen molar-refractivity contribution in [1.29, 1.82) is 0 Å². The molecule has 0 radical (unpaired) electrons. The molecule has 4 rings (SSSR count). The summed E-state index contributed by atoms with van der Waals surface area (Å²) in [5.41, 5.74) is 4.13. The molecule has 1 aliphatic rings. The standard InChI is InChI=1S/C21H21N5O2/c1-13-6-4-5-7-17(13)19-18(14(2)24-21-22-12-23-26(19)21)20(27)25-15-8-10-16(28-3)11-9-15/h4-12,19H,1-3H3,(H,25,27)(H,22,23,24). The van der Waals surface area contributed by atoms with Crippen LogP contribution in [0.5, 0.6) is 5.75 Å². The van der Waals surface area contributed by atoms with E-state index in [4.69, 9.17) is 4.74 Å². The highest BCUT2D eigenvalue weighted by molar-refractivity contribution is 6.06. The van der Waals surface area contributed by atoms with E-state index in [0.717, 1.165) is 22.6 Å². The van der Waals surface area contributed by atoms with Gasteiger partial charge < -0.3 is 15.4 Å². The number of carbonyl (C=O) groups excluding carboxylic acids is 1. The lowest BCUT2D eigenvalue weighted by molar-refractivity contribution is -0.113. The molecule has 3 aromatic rings. The number of anilines is 2. The molecule has 1 aromatic heterocycles. The van der Waals surface area contributed by atoms with Gasteiger partial charge in [0.1, 0.15) is 18.1 Å². The van der Waals surface area contributed by atoms with Gasteiger partial charge in [0.2, 0.25) is 5.95 Å². The number of allylic oxidation sites excluding steroid dienone is 1. The van der Waals surface area contributed by atoms with Crippen LogP contribution >= 0.6 is 0 Å². The van der Waals surface area contributed by atoms with Gasteiger partial charge in [0.05, 0.1) is 12.7 Å². The lowest BCUT2D eigenvalue weighted by atomic mass is 9.92. The maximum atomic E-state index is 13.3. The number of nitrogens with zero attached hydrogens (tertiary/aromatic N) is 3. The second kappa shape index (κ2) is 7.19. The van der Waals surface area contributed by atoms with Crippen molar-refractivity contribution in [3.8, 4) is 5.75 Å². The molecule has 0 bridgehead atoms. The third kappa shape index (κ3) is 3.11. The van der Waals surface area contributed by atoms with Gasteiger partial charge in [-0.1, -0.05) is 24.3 Å². The first-order valence-corrected chi connectivity index (χ1v) is 8.96. The van der Waals surface area contributed by atoms with Crippen molar-refractivity contribution >= 4 is 17.5 Å². The molecular weight excluding hydrogens is 354 g/mol. The monoisotopic (exact) mass is 375 g/mol. The quantitative estimate of drug-likeness (QED) is 0.729. The first-order valence-electron chi connectivity index (χ1n) is 8.96. The van der Waals surface area contributed by atoms with E-state index < -0.39 is 0 Å². The predicted molar refractivity (Wildman–Crippen MR) is 107 cm³/mol. The number of hydrogen-bond acceptors (Lipinski definition) is 5. The fraction of sp³-hybridized carbons (Fsp3) is 0.190. The van der Waals surface area contributed by atoms with Crippen LogP contribution in [0.2, 0.25) is 0 Å². The molecular formula is C21H21N5O2. The number of hydrogen-bond donors (Lipinski definition) is 2. The van der Waals surface area contributed by atoms with E-state index >= 15 is 0 Å². The molecule has 142 valence electrons. The fourth-order valence-electron chi connectivity index (χ4n) is 3.44. The highest BCUT2D eigenvalue weighted by Gasteiger charge is 2.34. The maximum absolute atomic E-state index is 13.3. The lowest BCUT2D eigenvalue weighted by Crippen LogP contribution is -2.31. The SMILES string of the molecule is COc1ccc(NC(=O)C2=C(C)Nc3ncnn3C2c2ccccc2C)cc1. The van der Waals surface area contributed by atoms with Crippen LogP contribution < -0.4 is 15.4 Å². The zero-order chi connectivity index (χ0) is 19.7. The minimum atomic E-state index is -0.363. The normalized spacial score (nSPS) is 15.6. The van der Waals surface area contributed by atoms with Gasteiger partial charge in [-0.05, 0) is 49.2 Å². The molecule has 0 saturated carbocycles. The zero-order valence-electron chi connectivity index (χ0n) is 15.9. The molecule has 7 heteroatoms. The average molecular weight is 375 g/mol. The fourth-order valence-corrected chi connectivity index (χ4v) is 3.44. The Kier molecular flexibility index (Phi) is 4.57. The van der Waals surface area contributed by atoms with Crippen LogP contribution in [0.3, 0.4) is 0 Å². The van der Waals surface area contributed by atoms with E-state index in [1.807, 2.05) is 62.4 Å². The van der Waals surface area contributed by atoms with Gasteiger partial charge in [0, 0.05) is 11.4 Å². The van der Waals surface area contributed by atoms with Crippen molar-refractivity contribution in [2.75, 3.05) is 17.7 Å². The Balaban J connectivity index is 1.74. The summed E-state index contributed by atoms with van der Waals surface area (Å²) in [6, 6.07) is 14.9. The number of amides is 1. The molecule has 0 aliphatic carbocycles. The number of aromatic nitrogens is 3. The second-order valence-electron chi connectivity index (χ2n) is 6.63. The number of methoxy groups -OCH3 is 1. The summed E-state index contributed by atoms with van der Waals surface area (Å²) in [5, 5.41) is 10.5. The number of ether oxygens (including phenoxy) is 1. The molecule has 2 heterocycles. The number of nitrogens with one attached hydrogen (secondary N) is 2. The predicted octanol–water partition coefficient (Wildman–Crippen LogP) is 3.52. The van der Waals surface area contributed by atoms with Crippen LogP contribution in [0.4, 0.5) is 11.6 Å². The van der Waals surface area contributed by atoms with Crippen molar-refractivity contribution in [1.82, 2.24) is 14.8 Å². The van der Waals surface area contributed by atoms with E-state index in [-0.39, 0.29) is 11.9 Å². The van der Waals surface area contributed by atoms with E-state index in [0.29, 0.717) is 17.2 Å². The van der Waals surface area contributed by atoms with E-state index in [1.165, 1.54) is 6.33 Å². The highest BCUT2D eigenvalue weighted by Crippen LogP contribution is 2.36. The Morgan fingerprint density at radius 2 is 1.89 bits per heavy atom. The van der Waals surface area contributed by atoms with Gasteiger partial charge in [-0.15, -0.1) is 0 Å². The van der Waals surface area contributed by atoms with Crippen molar-refractivity contribution < 1.29 is 9.53 Å². The molecule has 7 nitrogen and oxygen atoms in total. The first kappa shape index (κ1) is 17.8. The van der Waals surface area contributed by atoms with Crippen LogP contribution in [0.1, 0.15) is 24.1 Å². The summed E-state index contributed by atoms with van der Waals surface area (Å²) in [7, 11) is 1.61. The molecule has 1 aliphatic heterocycles. The van der Waals surface area contributed by atoms with Gasteiger partial charge in [0.25, 0.3) is 5.91 Å². The Labute approximate surface area is 163 Å². The summed E-state index contributed by atoms with van der Waals surface area (Å²) < 4.78 is 6.92. The first-order chi connectivity index (χ1) is 13.6. The second-order valence-corrected chi connectivity index (χ2v) is 6.63. The van der Waals surface area contributed by atoms with E-state index in [1.54, 1.807) is 11.8 Å². The smallest absolute Gasteiger partial charge is 0.255 e. The molecule has 2 aromatic carbocycles. The van der Waals surface area contributed by atoms with Gasteiger partial charge in [-0.25, -0.2) is 4.68 Å². The average Bonchev–Trinajstić information content (AvgIpc) is 3.16. The number of fused-ring (bicyclic) bond motifs is 1. The topological polar surface area (TPSA) is 81.1 Å². The zero-order valence-corrected chi connectivity index (χ0v) is 15.9. The van der Waals surface area contributed by atoms with Crippen LogP contribution in [0.25, 0.3) is 0 Å². The highest BCUT2D eigenvalue weighted by atomic mass is 16.5. The Morgan fingerprint density at radius 1 is 1.14 bits per heavy atom. The van der Waals surface area contributed by atoms with Gasteiger partial charge in [0.15, 0.2) is 0 Å². The van der Waals surface area contributed by atoms with Crippen LogP contribution in [-0.4, -0.2) is 27.8 Å². The minimum absolute atomic E-state index is 0.190. The minimum Gasteiger partial charge on any atom is -0.497 e. The van der Waals surface area contributed by atoms with Crippen LogP contribution in [0.15, 0.2) is 66.1 Å². The summed E-state index contributed by atoms with van der Waals surface area (Å²) in [5.74, 6) is 1.16. The van der Waals surface area contributed by atoms with Gasteiger partial charge in [-0.3, -0.25) is 4.79 Å².